The van der Waals surface area contributed by atoms with E-state index in [1.807, 2.05) is 47.1 Å². The van der Waals surface area contributed by atoms with E-state index in [2.05, 4.69) is 27.8 Å². The molecule has 2 heterocycles. The van der Waals surface area contributed by atoms with Crippen LogP contribution in [0.1, 0.15) is 29.3 Å². The second-order valence-corrected chi connectivity index (χ2v) is 5.82. The van der Waals surface area contributed by atoms with Gasteiger partial charge in [0.25, 0.3) is 0 Å². The van der Waals surface area contributed by atoms with Crippen LogP contribution in [0.5, 0.6) is 0 Å². The molecule has 3 aromatic rings. The number of carbonyl (C=O) groups excluding carboxylic acids is 1. The van der Waals surface area contributed by atoms with E-state index in [1.54, 1.807) is 0 Å². The number of imidazole rings is 1. The van der Waals surface area contributed by atoms with Crippen LogP contribution in [0.2, 0.25) is 0 Å². The predicted molar refractivity (Wildman–Crippen MR) is 88.1 cm³/mol. The molecule has 5 nitrogen and oxygen atoms in total. The van der Waals surface area contributed by atoms with Gasteiger partial charge in [0, 0.05) is 12.4 Å². The Labute approximate surface area is 134 Å². The summed E-state index contributed by atoms with van der Waals surface area (Å²) in [5.74, 6) is 0. The Bertz CT molecular complexity index is 822. The minimum absolute atomic E-state index is 0.104. The molecule has 116 valence electrons. The molecule has 2 N–H and O–H groups in total. The molecule has 1 unspecified atom stereocenters. The molecular weight excluding hydrogens is 288 g/mol. The Hall–Kier alpha value is -2.82. The quantitative estimate of drug-likeness (QED) is 0.782. The lowest BCUT2D eigenvalue weighted by atomic mass is 10.1. The lowest BCUT2D eigenvalue weighted by Crippen LogP contribution is -2.37. The van der Waals surface area contributed by atoms with Crippen molar-refractivity contribution in [3.05, 3.63) is 71.7 Å². The number of aromatic nitrogens is 2. The zero-order valence-corrected chi connectivity index (χ0v) is 12.7. The van der Waals surface area contributed by atoms with Gasteiger partial charge in [-0.3, -0.25) is 0 Å². The maximum Gasteiger partial charge on any atom is 0.315 e. The Morgan fingerprint density at radius 1 is 1.22 bits per heavy atom. The normalized spacial score (nSPS) is 16.3. The van der Waals surface area contributed by atoms with Crippen molar-refractivity contribution in [2.75, 3.05) is 0 Å². The molecule has 1 aliphatic rings. The van der Waals surface area contributed by atoms with Gasteiger partial charge in [-0.1, -0.05) is 30.3 Å². The van der Waals surface area contributed by atoms with E-state index in [0.717, 1.165) is 24.2 Å². The fraction of sp³-hybridized carbons (Fsp3) is 0.222. The highest BCUT2D eigenvalue weighted by Crippen LogP contribution is 2.30. The second-order valence-electron chi connectivity index (χ2n) is 5.82. The van der Waals surface area contributed by atoms with Crippen molar-refractivity contribution >= 4 is 11.7 Å². The molecule has 2 aromatic heterocycles. The van der Waals surface area contributed by atoms with Gasteiger partial charge in [-0.2, -0.15) is 0 Å². The van der Waals surface area contributed by atoms with Crippen LogP contribution >= 0.6 is 0 Å². The molecule has 0 spiro atoms. The van der Waals surface area contributed by atoms with E-state index in [9.17, 15) is 4.79 Å². The molecule has 4 rings (SSSR count). The first-order chi connectivity index (χ1) is 11.3. The fourth-order valence-corrected chi connectivity index (χ4v) is 3.16. The lowest BCUT2D eigenvalue weighted by molar-refractivity contribution is 0.236. The van der Waals surface area contributed by atoms with Gasteiger partial charge >= 0.3 is 6.03 Å². The third-order valence-electron chi connectivity index (χ3n) is 4.28. The van der Waals surface area contributed by atoms with Crippen LogP contribution in [0, 0.1) is 0 Å². The number of nitrogens with zero attached hydrogens (tertiary/aromatic N) is 2. The lowest BCUT2D eigenvalue weighted by Gasteiger charge is -2.14. The van der Waals surface area contributed by atoms with E-state index in [1.165, 1.54) is 11.1 Å². The summed E-state index contributed by atoms with van der Waals surface area (Å²) in [4.78, 5) is 16.6. The number of amides is 2. The van der Waals surface area contributed by atoms with Gasteiger partial charge in [0.15, 0.2) is 0 Å². The van der Waals surface area contributed by atoms with Crippen molar-refractivity contribution in [1.29, 1.82) is 0 Å². The molecule has 0 fully saturated rings. The summed E-state index contributed by atoms with van der Waals surface area (Å²) in [7, 11) is 0. The summed E-state index contributed by atoms with van der Waals surface area (Å²) in [5.41, 5.74) is 4.29. The minimum Gasteiger partial charge on any atom is -0.332 e. The van der Waals surface area contributed by atoms with E-state index < -0.39 is 0 Å². The molecule has 23 heavy (non-hydrogen) atoms. The molecule has 1 aromatic carbocycles. The third kappa shape index (κ3) is 2.77. The maximum atomic E-state index is 12.1. The molecule has 0 saturated carbocycles. The molecule has 1 atom stereocenters. The summed E-state index contributed by atoms with van der Waals surface area (Å²) in [6.07, 6.45) is 5.86. The number of hydrogen-bond acceptors (Lipinski definition) is 2. The van der Waals surface area contributed by atoms with Gasteiger partial charge < -0.3 is 15.0 Å². The predicted octanol–water partition coefficient (Wildman–Crippen LogP) is 2.82. The smallest absolute Gasteiger partial charge is 0.315 e. The Morgan fingerprint density at radius 3 is 3.00 bits per heavy atom. The fourth-order valence-electron chi connectivity index (χ4n) is 3.16. The van der Waals surface area contributed by atoms with E-state index >= 15 is 0 Å². The standard InChI is InChI=1S/C18H18N4O/c23-18(21-16-9-8-13-5-1-2-6-15(13)16)19-11-14-12-22-10-4-3-7-17(22)20-14/h1-7,10,12,16H,8-9,11H2,(H2,19,21,23). The van der Waals surface area contributed by atoms with Crippen molar-refractivity contribution in [3.8, 4) is 0 Å². The molecule has 5 heteroatoms. The number of urea groups is 1. The average Bonchev–Trinajstić information content (AvgIpc) is 3.17. The third-order valence-corrected chi connectivity index (χ3v) is 4.28. The number of aryl methyl sites for hydroxylation is 1. The van der Waals surface area contributed by atoms with Crippen LogP contribution in [0.15, 0.2) is 54.9 Å². The molecule has 0 bridgehead atoms. The Morgan fingerprint density at radius 2 is 2.09 bits per heavy atom. The van der Waals surface area contributed by atoms with Crippen molar-refractivity contribution in [1.82, 2.24) is 20.0 Å². The second kappa shape index (κ2) is 5.76. The van der Waals surface area contributed by atoms with Crippen LogP contribution in [0.4, 0.5) is 4.79 Å². The first-order valence-electron chi connectivity index (χ1n) is 7.84. The topological polar surface area (TPSA) is 58.4 Å². The molecule has 2 amide bonds. The van der Waals surface area contributed by atoms with Gasteiger partial charge in [0.05, 0.1) is 18.3 Å². The van der Waals surface area contributed by atoms with Gasteiger partial charge in [0.2, 0.25) is 0 Å². The minimum atomic E-state index is -0.149. The molecule has 0 radical (unpaired) electrons. The zero-order valence-electron chi connectivity index (χ0n) is 12.7. The number of fused-ring (bicyclic) bond motifs is 2. The van der Waals surface area contributed by atoms with Crippen molar-refractivity contribution in [3.63, 3.8) is 0 Å². The maximum absolute atomic E-state index is 12.1. The van der Waals surface area contributed by atoms with Gasteiger partial charge in [0.1, 0.15) is 5.65 Å². The molecular formula is C18H18N4O. The summed E-state index contributed by atoms with van der Waals surface area (Å²) in [5, 5.41) is 5.95. The first-order valence-corrected chi connectivity index (χ1v) is 7.84. The summed E-state index contributed by atoms with van der Waals surface area (Å²) in [6.45, 7) is 0.419. The van der Waals surface area contributed by atoms with E-state index in [-0.39, 0.29) is 12.1 Å². The van der Waals surface area contributed by atoms with Gasteiger partial charge in [-0.15, -0.1) is 0 Å². The van der Waals surface area contributed by atoms with Crippen LogP contribution in [-0.4, -0.2) is 15.4 Å². The van der Waals surface area contributed by atoms with Crippen molar-refractivity contribution in [2.24, 2.45) is 0 Å². The number of benzene rings is 1. The summed E-state index contributed by atoms with van der Waals surface area (Å²) in [6, 6.07) is 14.1. The molecule has 0 saturated heterocycles. The van der Waals surface area contributed by atoms with Crippen LogP contribution in [0.25, 0.3) is 5.65 Å². The summed E-state index contributed by atoms with van der Waals surface area (Å²) < 4.78 is 1.95. The van der Waals surface area contributed by atoms with Crippen molar-refractivity contribution in [2.45, 2.75) is 25.4 Å². The molecule has 0 aliphatic heterocycles. The van der Waals surface area contributed by atoms with Crippen LogP contribution in [0.3, 0.4) is 0 Å². The van der Waals surface area contributed by atoms with E-state index in [0.29, 0.717) is 6.54 Å². The highest BCUT2D eigenvalue weighted by atomic mass is 16.2. The SMILES string of the molecule is O=C(NCc1cn2ccccc2n1)NC1CCc2ccccc21. The molecule has 1 aliphatic carbocycles. The summed E-state index contributed by atoms with van der Waals surface area (Å²) >= 11 is 0. The zero-order chi connectivity index (χ0) is 15.6. The number of carbonyl (C=O) groups is 1. The largest absolute Gasteiger partial charge is 0.332 e. The highest BCUT2D eigenvalue weighted by molar-refractivity contribution is 5.74. The van der Waals surface area contributed by atoms with Crippen molar-refractivity contribution < 1.29 is 4.79 Å². The number of hydrogen-bond donors (Lipinski definition) is 2. The van der Waals surface area contributed by atoms with Gasteiger partial charge in [-0.25, -0.2) is 9.78 Å². The van der Waals surface area contributed by atoms with Crippen LogP contribution < -0.4 is 10.6 Å². The van der Waals surface area contributed by atoms with E-state index in [4.69, 9.17) is 0 Å². The van der Waals surface area contributed by atoms with Crippen LogP contribution in [-0.2, 0) is 13.0 Å². The highest BCUT2D eigenvalue weighted by Gasteiger charge is 2.23. The average molecular weight is 306 g/mol. The van der Waals surface area contributed by atoms with Gasteiger partial charge in [-0.05, 0) is 36.1 Å². The number of rotatable bonds is 3. The number of nitrogens with one attached hydrogen (secondary N) is 2. The Balaban J connectivity index is 1.37. The number of pyridine rings is 1. The Kier molecular flexibility index (Phi) is 3.46. The monoisotopic (exact) mass is 306 g/mol. The first kappa shape index (κ1) is 13.8.